The molecule has 0 unspecified atom stereocenters. The molecule has 0 spiro atoms. The lowest BCUT2D eigenvalue weighted by Gasteiger charge is -2.27. The normalized spacial score (nSPS) is 17.3. The number of esters is 2. The molecular formula is C31H40N2O5. The molecule has 7 heteroatoms. The van der Waals surface area contributed by atoms with Crippen molar-refractivity contribution in [3.8, 4) is 5.75 Å². The Bertz CT molecular complexity index is 1070. The third-order valence-electron chi connectivity index (χ3n) is 6.71. The Kier molecular flexibility index (Phi) is 11.9. The second kappa shape index (κ2) is 15.6. The van der Waals surface area contributed by atoms with Crippen LogP contribution < -0.4 is 16.2 Å². The van der Waals surface area contributed by atoms with Crippen LogP contribution in [-0.4, -0.2) is 31.3 Å². The zero-order chi connectivity index (χ0) is 27.2. The quantitative estimate of drug-likeness (QED) is 0.0799. The van der Waals surface area contributed by atoms with Gasteiger partial charge in [-0.15, -0.1) is 6.58 Å². The maximum absolute atomic E-state index is 12.6. The van der Waals surface area contributed by atoms with Gasteiger partial charge in [0, 0.05) is 30.5 Å². The van der Waals surface area contributed by atoms with Gasteiger partial charge in [0.25, 0.3) is 0 Å². The average Bonchev–Trinajstić information content (AvgIpc) is 2.92. The summed E-state index contributed by atoms with van der Waals surface area (Å²) >= 11 is 0. The summed E-state index contributed by atoms with van der Waals surface area (Å²) in [6.07, 6.45) is 13.5. The number of hydrogen-bond acceptors (Lipinski definition) is 7. The third kappa shape index (κ3) is 10.1. The van der Waals surface area contributed by atoms with E-state index in [4.69, 9.17) is 25.7 Å². The summed E-state index contributed by atoms with van der Waals surface area (Å²) < 4.78 is 16.8. The summed E-state index contributed by atoms with van der Waals surface area (Å²) in [5.74, 6) is -0.239. The summed E-state index contributed by atoms with van der Waals surface area (Å²) in [6, 6.07) is 12.3. The fraction of sp³-hybridized carbons (Fsp3) is 0.419. The number of benzene rings is 2. The van der Waals surface area contributed by atoms with Crippen LogP contribution in [0.3, 0.4) is 0 Å². The Morgan fingerprint density at radius 2 is 1.71 bits per heavy atom. The number of ether oxygens (including phenoxy) is 3. The molecule has 3 rings (SSSR count). The molecule has 0 radical (unpaired) electrons. The molecule has 7 nitrogen and oxygen atoms in total. The summed E-state index contributed by atoms with van der Waals surface area (Å²) in [7, 11) is 0. The molecule has 0 aromatic heterocycles. The Labute approximate surface area is 225 Å². The molecule has 1 aliphatic carbocycles. The van der Waals surface area contributed by atoms with Gasteiger partial charge in [-0.3, -0.25) is 4.79 Å². The molecule has 2 aromatic rings. The van der Waals surface area contributed by atoms with E-state index in [9.17, 15) is 9.59 Å². The van der Waals surface area contributed by atoms with E-state index in [0.29, 0.717) is 23.5 Å². The van der Waals surface area contributed by atoms with E-state index in [-0.39, 0.29) is 24.6 Å². The van der Waals surface area contributed by atoms with Crippen molar-refractivity contribution in [2.24, 2.45) is 5.92 Å². The second-order valence-corrected chi connectivity index (χ2v) is 9.68. The zero-order valence-electron chi connectivity index (χ0n) is 22.1. The van der Waals surface area contributed by atoms with Gasteiger partial charge in [0.05, 0.1) is 18.6 Å². The van der Waals surface area contributed by atoms with E-state index in [0.717, 1.165) is 69.1 Å². The lowest BCUT2D eigenvalue weighted by Crippen LogP contribution is -2.29. The smallest absolute Gasteiger partial charge is 0.330 e. The number of nitrogen functional groups attached to an aromatic ring is 2. The van der Waals surface area contributed by atoms with Gasteiger partial charge in [0.2, 0.25) is 0 Å². The van der Waals surface area contributed by atoms with Crippen molar-refractivity contribution >= 4 is 29.4 Å². The first-order chi connectivity index (χ1) is 18.4. The number of carbonyl (C=O) groups excluding carboxylic acids is 2. The monoisotopic (exact) mass is 520 g/mol. The minimum Gasteiger partial charge on any atom is -0.462 e. The summed E-state index contributed by atoms with van der Waals surface area (Å²) in [6.45, 7) is 4.75. The van der Waals surface area contributed by atoms with E-state index < -0.39 is 5.97 Å². The fourth-order valence-electron chi connectivity index (χ4n) is 4.44. The molecule has 0 saturated heterocycles. The van der Waals surface area contributed by atoms with Crippen molar-refractivity contribution in [1.29, 1.82) is 0 Å². The topological polar surface area (TPSA) is 114 Å². The van der Waals surface area contributed by atoms with Crippen LogP contribution in [0.2, 0.25) is 0 Å². The molecule has 0 aliphatic heterocycles. The number of allylic oxidation sites excluding steroid dienone is 1. The molecule has 4 N–H and O–H groups in total. The van der Waals surface area contributed by atoms with Gasteiger partial charge in [0.15, 0.2) is 0 Å². The van der Waals surface area contributed by atoms with Gasteiger partial charge >= 0.3 is 11.9 Å². The molecule has 0 bridgehead atoms. The molecular weight excluding hydrogens is 480 g/mol. The Morgan fingerprint density at radius 1 is 0.947 bits per heavy atom. The third-order valence-corrected chi connectivity index (χ3v) is 6.71. The largest absolute Gasteiger partial charge is 0.462 e. The number of anilines is 2. The highest BCUT2D eigenvalue weighted by Crippen LogP contribution is 2.28. The predicted octanol–water partition coefficient (Wildman–Crippen LogP) is 5.88. The number of unbranched alkanes of at least 4 members (excludes halogenated alkanes) is 3. The van der Waals surface area contributed by atoms with Gasteiger partial charge in [0.1, 0.15) is 5.75 Å². The number of carbonyl (C=O) groups is 2. The number of rotatable bonds is 14. The van der Waals surface area contributed by atoms with Crippen LogP contribution >= 0.6 is 0 Å². The Hall–Kier alpha value is -3.58. The van der Waals surface area contributed by atoms with Gasteiger partial charge < -0.3 is 25.7 Å². The summed E-state index contributed by atoms with van der Waals surface area (Å²) in [5, 5.41) is 0. The Morgan fingerprint density at radius 3 is 2.42 bits per heavy atom. The van der Waals surface area contributed by atoms with Crippen LogP contribution in [0, 0.1) is 5.92 Å². The van der Waals surface area contributed by atoms with E-state index in [2.05, 4.69) is 6.58 Å². The summed E-state index contributed by atoms with van der Waals surface area (Å²) in [5.41, 5.74) is 14.5. The zero-order valence-corrected chi connectivity index (χ0v) is 22.1. The number of nitrogens with two attached hydrogens (primary N) is 2. The highest BCUT2D eigenvalue weighted by Gasteiger charge is 2.28. The second-order valence-electron chi connectivity index (χ2n) is 9.68. The first-order valence-corrected chi connectivity index (χ1v) is 13.5. The van der Waals surface area contributed by atoms with Gasteiger partial charge in [-0.1, -0.05) is 30.7 Å². The highest BCUT2D eigenvalue weighted by molar-refractivity contribution is 5.87. The van der Waals surface area contributed by atoms with E-state index in [1.54, 1.807) is 42.5 Å². The molecule has 0 heterocycles. The predicted molar refractivity (Wildman–Crippen MR) is 151 cm³/mol. The molecule has 204 valence electrons. The lowest BCUT2D eigenvalue weighted by molar-refractivity contribution is -0.141. The highest BCUT2D eigenvalue weighted by atomic mass is 16.5. The fourth-order valence-corrected chi connectivity index (χ4v) is 4.44. The van der Waals surface area contributed by atoms with Crippen molar-refractivity contribution in [3.05, 3.63) is 72.3 Å². The SMILES string of the molecule is C=CCCCCCOC1CCC(C(=O)Oc2ccc(/C=C/C(=O)OCCc3ccc(N)cc3N)cc2)CC1. The number of hydrogen-bond donors (Lipinski definition) is 2. The molecule has 2 aromatic carbocycles. The molecule has 1 saturated carbocycles. The van der Waals surface area contributed by atoms with E-state index >= 15 is 0 Å². The van der Waals surface area contributed by atoms with E-state index in [1.807, 2.05) is 12.1 Å². The maximum Gasteiger partial charge on any atom is 0.330 e. The van der Waals surface area contributed by atoms with Crippen LogP contribution in [0.1, 0.15) is 62.5 Å². The minimum atomic E-state index is -0.443. The van der Waals surface area contributed by atoms with Crippen LogP contribution in [0.5, 0.6) is 5.75 Å². The van der Waals surface area contributed by atoms with Crippen LogP contribution in [0.15, 0.2) is 61.2 Å². The van der Waals surface area contributed by atoms with Crippen molar-refractivity contribution in [3.63, 3.8) is 0 Å². The average molecular weight is 521 g/mol. The minimum absolute atomic E-state index is 0.0969. The van der Waals surface area contributed by atoms with Crippen molar-refractivity contribution in [2.45, 2.75) is 63.9 Å². The standard InChI is InChI=1S/C31H40N2O5/c1-2-3-4-5-6-20-36-27-16-11-25(12-17-27)31(35)38-28-14-7-23(8-15-28)9-18-30(34)37-21-19-24-10-13-26(32)22-29(24)33/h2,7-10,13-15,18,22,25,27H,1,3-6,11-12,16-17,19-21,32-33H2/b18-9+. The first-order valence-electron chi connectivity index (χ1n) is 13.5. The van der Waals surface area contributed by atoms with Crippen molar-refractivity contribution < 1.29 is 23.8 Å². The van der Waals surface area contributed by atoms with Gasteiger partial charge in [-0.2, -0.15) is 0 Å². The van der Waals surface area contributed by atoms with Gasteiger partial charge in [-0.25, -0.2) is 4.79 Å². The summed E-state index contributed by atoms with van der Waals surface area (Å²) in [4.78, 5) is 24.6. The van der Waals surface area contributed by atoms with Crippen LogP contribution in [0.4, 0.5) is 11.4 Å². The first kappa shape index (κ1) is 29.0. The molecule has 38 heavy (non-hydrogen) atoms. The molecule has 0 amide bonds. The molecule has 1 aliphatic rings. The molecule has 1 fully saturated rings. The maximum atomic E-state index is 12.6. The van der Waals surface area contributed by atoms with Crippen LogP contribution in [-0.2, 0) is 25.5 Å². The lowest BCUT2D eigenvalue weighted by atomic mass is 9.87. The van der Waals surface area contributed by atoms with Gasteiger partial charge in [-0.05, 0) is 86.4 Å². The van der Waals surface area contributed by atoms with Crippen molar-refractivity contribution in [1.82, 2.24) is 0 Å². The van der Waals surface area contributed by atoms with Crippen LogP contribution in [0.25, 0.3) is 6.08 Å². The Balaban J connectivity index is 1.33. The molecule has 0 atom stereocenters. The van der Waals surface area contributed by atoms with Crippen molar-refractivity contribution in [2.75, 3.05) is 24.7 Å². The van der Waals surface area contributed by atoms with E-state index in [1.165, 1.54) is 6.08 Å².